The molecule has 0 aliphatic rings. The Bertz CT molecular complexity index is 1560. The molecule has 0 atom stereocenters. The Hall–Kier alpha value is -4.74. The monoisotopic (exact) mass is 671 g/mol. The van der Waals surface area contributed by atoms with Gasteiger partial charge in [0.05, 0.1) is 5.56 Å². The summed E-state index contributed by atoms with van der Waals surface area (Å²) in [6.07, 6.45) is 0.697. The first-order valence-electron chi connectivity index (χ1n) is 15.6. The average Bonchev–Trinajstić information content (AvgIpc) is 3.11. The van der Waals surface area contributed by atoms with Crippen molar-refractivity contribution in [3.63, 3.8) is 0 Å². The van der Waals surface area contributed by atoms with E-state index < -0.39 is 14.8 Å². The number of carbonyl (C=O) groups excluding carboxylic acids is 3. The van der Waals surface area contributed by atoms with Gasteiger partial charge in [0.15, 0.2) is 11.6 Å². The Morgan fingerprint density at radius 2 is 0.917 bits per heavy atom. The summed E-state index contributed by atoms with van der Waals surface area (Å²) in [5.41, 5.74) is 2.95. The number of hydrogen-bond donors (Lipinski definition) is 2. The summed E-state index contributed by atoms with van der Waals surface area (Å²) < 4.78 is 17.5. The van der Waals surface area contributed by atoms with Crippen molar-refractivity contribution >= 4 is 32.2 Å². The van der Waals surface area contributed by atoms with Crippen LogP contribution in [0.2, 0.25) is 6.04 Å². The maximum Gasteiger partial charge on any atom is 0.500 e. The van der Waals surface area contributed by atoms with Gasteiger partial charge in [-0.15, -0.1) is 0 Å². The van der Waals surface area contributed by atoms with Crippen LogP contribution in [0.3, 0.4) is 0 Å². The molecule has 9 nitrogen and oxygen atoms in total. The number of carboxylic acid groups (broad SMARTS) is 1. The Kier molecular flexibility index (Phi) is 16.8. The summed E-state index contributed by atoms with van der Waals surface area (Å²) in [5.74, 6) is -1.34. The van der Waals surface area contributed by atoms with Gasteiger partial charge in [0.2, 0.25) is 0 Å². The van der Waals surface area contributed by atoms with E-state index in [1.54, 1.807) is 60.7 Å². The van der Waals surface area contributed by atoms with Gasteiger partial charge >= 0.3 is 14.8 Å². The van der Waals surface area contributed by atoms with E-state index in [0.717, 1.165) is 0 Å². The second kappa shape index (κ2) is 20.5. The number of rotatable bonds is 16. The van der Waals surface area contributed by atoms with Crippen molar-refractivity contribution in [2.75, 3.05) is 26.4 Å². The minimum absolute atomic E-state index is 0. The van der Waals surface area contributed by atoms with Crippen molar-refractivity contribution in [2.45, 2.75) is 40.7 Å². The predicted octanol–water partition coefficient (Wildman–Crippen LogP) is 7.34. The Morgan fingerprint density at radius 1 is 0.562 bits per heavy atom. The molecule has 254 valence electrons. The number of benzene rings is 4. The van der Waals surface area contributed by atoms with Crippen LogP contribution in [0.1, 0.15) is 87.2 Å². The zero-order chi connectivity index (χ0) is 34.1. The van der Waals surface area contributed by atoms with E-state index in [2.05, 4.69) is 5.32 Å². The van der Waals surface area contributed by atoms with Gasteiger partial charge in [-0.3, -0.25) is 14.4 Å². The van der Waals surface area contributed by atoms with Crippen LogP contribution in [0.4, 0.5) is 0 Å². The Labute approximate surface area is 284 Å². The first kappa shape index (κ1) is 39.4. The molecule has 0 fully saturated rings. The molecule has 4 rings (SSSR count). The molecule has 10 heteroatoms. The lowest BCUT2D eigenvalue weighted by Crippen LogP contribution is -2.46. The van der Waals surface area contributed by atoms with Gasteiger partial charge in [-0.05, 0) is 51.5 Å². The lowest BCUT2D eigenvalue weighted by molar-refractivity contribution is 0.0691. The lowest BCUT2D eigenvalue weighted by Gasteiger charge is -2.28. The van der Waals surface area contributed by atoms with Crippen molar-refractivity contribution in [3.05, 3.63) is 143 Å². The molecule has 0 spiro atoms. The summed E-state index contributed by atoms with van der Waals surface area (Å²) in [7, 11) is -2.69. The van der Waals surface area contributed by atoms with Crippen LogP contribution >= 0.6 is 0 Å². The molecule has 0 saturated carbocycles. The van der Waals surface area contributed by atoms with Crippen LogP contribution in [0.5, 0.6) is 0 Å². The maximum absolute atomic E-state index is 12.5. The molecule has 0 aliphatic heterocycles. The molecule has 4 aromatic rings. The van der Waals surface area contributed by atoms with Crippen molar-refractivity contribution in [1.29, 1.82) is 0 Å². The van der Waals surface area contributed by atoms with E-state index in [4.69, 9.17) is 18.4 Å². The van der Waals surface area contributed by atoms with Crippen LogP contribution in [0.15, 0.2) is 109 Å². The highest BCUT2D eigenvalue weighted by Gasteiger charge is 2.39. The second-order valence-corrected chi connectivity index (χ2v) is 12.9. The van der Waals surface area contributed by atoms with E-state index in [0.29, 0.717) is 66.6 Å². The van der Waals surface area contributed by atoms with Gasteiger partial charge in [-0.25, -0.2) is 4.79 Å². The van der Waals surface area contributed by atoms with Crippen molar-refractivity contribution < 1.29 is 37.6 Å². The first-order chi connectivity index (χ1) is 22.7. The molecular formula is C38H45NO8Si. The second-order valence-electron chi connectivity index (χ2n) is 10.2. The van der Waals surface area contributed by atoms with Crippen molar-refractivity contribution in [1.82, 2.24) is 5.32 Å². The van der Waals surface area contributed by atoms with Gasteiger partial charge in [-0.2, -0.15) is 0 Å². The normalized spacial score (nSPS) is 10.6. The summed E-state index contributed by atoms with van der Waals surface area (Å²) in [4.78, 5) is 47.5. The third kappa shape index (κ3) is 11.8. The topological polar surface area (TPSA) is 128 Å². The standard InChI is InChI=1S/C23H31NO5Si.C14H10O3.CH4/c1-4-27-30(28-5-2,29-6-3)18-10-17-24-23(26)21-15-13-20(14-16-21)22(25)19-11-8-7-9-12-19;15-13(10-4-2-1-3-5-10)11-6-8-12(9-7-11)14(16)17;/h7-9,11-16H,4-6,10,17-18H2,1-3H3,(H,24,26);1-9H,(H,16,17);1H4. The van der Waals surface area contributed by atoms with E-state index in [-0.39, 0.29) is 30.5 Å². The summed E-state index contributed by atoms with van der Waals surface area (Å²) >= 11 is 0. The predicted molar refractivity (Wildman–Crippen MR) is 189 cm³/mol. The van der Waals surface area contributed by atoms with Gasteiger partial charge in [0.1, 0.15) is 0 Å². The fourth-order valence-electron chi connectivity index (χ4n) is 4.66. The first-order valence-corrected chi connectivity index (χ1v) is 17.5. The average molecular weight is 672 g/mol. The van der Waals surface area contributed by atoms with Gasteiger partial charge < -0.3 is 23.7 Å². The highest BCUT2D eigenvalue weighted by Crippen LogP contribution is 2.18. The van der Waals surface area contributed by atoms with Gasteiger partial charge in [-0.1, -0.05) is 92.4 Å². The molecule has 0 bridgehead atoms. The number of carbonyl (C=O) groups is 4. The number of aromatic carboxylic acids is 1. The van der Waals surface area contributed by atoms with Crippen LogP contribution in [-0.2, 0) is 13.3 Å². The zero-order valence-electron chi connectivity index (χ0n) is 26.9. The number of hydrogen-bond acceptors (Lipinski definition) is 7. The number of carboxylic acids is 1. The van der Waals surface area contributed by atoms with Crippen molar-refractivity contribution in [3.8, 4) is 0 Å². The fourth-order valence-corrected chi connectivity index (χ4v) is 7.27. The van der Waals surface area contributed by atoms with Crippen molar-refractivity contribution in [2.24, 2.45) is 0 Å². The number of nitrogens with one attached hydrogen (secondary N) is 1. The van der Waals surface area contributed by atoms with E-state index in [9.17, 15) is 19.2 Å². The molecule has 0 heterocycles. The molecule has 0 unspecified atom stereocenters. The number of amides is 1. The van der Waals surface area contributed by atoms with Crippen LogP contribution in [0.25, 0.3) is 0 Å². The highest BCUT2D eigenvalue weighted by atomic mass is 28.4. The number of ketones is 2. The molecule has 0 aliphatic carbocycles. The summed E-state index contributed by atoms with van der Waals surface area (Å²) in [5, 5.41) is 11.7. The third-order valence-electron chi connectivity index (χ3n) is 6.91. The summed E-state index contributed by atoms with van der Waals surface area (Å²) in [6.45, 7) is 7.87. The quantitative estimate of drug-likeness (QED) is 0.0720. The molecule has 1 amide bonds. The SMILES string of the molecule is C.CCO[Si](CCCNC(=O)c1ccc(C(=O)c2ccccc2)cc1)(OCC)OCC.O=C(O)c1ccc(C(=O)c2ccccc2)cc1. The smallest absolute Gasteiger partial charge is 0.478 e. The highest BCUT2D eigenvalue weighted by molar-refractivity contribution is 6.60. The van der Waals surface area contributed by atoms with Crippen LogP contribution in [0, 0.1) is 0 Å². The fraction of sp³-hybridized carbons (Fsp3) is 0.263. The maximum atomic E-state index is 12.5. The van der Waals surface area contributed by atoms with Crippen LogP contribution < -0.4 is 5.32 Å². The molecular weight excluding hydrogens is 627 g/mol. The largest absolute Gasteiger partial charge is 0.500 e. The van der Waals surface area contributed by atoms with E-state index in [1.807, 2.05) is 45.0 Å². The van der Waals surface area contributed by atoms with E-state index in [1.165, 1.54) is 24.3 Å². The minimum atomic E-state index is -2.69. The Balaban J connectivity index is 0.000000376. The minimum Gasteiger partial charge on any atom is -0.478 e. The van der Waals surface area contributed by atoms with Gasteiger partial charge in [0, 0.05) is 60.2 Å². The summed E-state index contributed by atoms with van der Waals surface area (Å²) in [6, 6.07) is 31.2. The lowest BCUT2D eigenvalue weighted by atomic mass is 10.0. The van der Waals surface area contributed by atoms with Crippen LogP contribution in [-0.4, -0.2) is 63.7 Å². The third-order valence-corrected chi connectivity index (χ3v) is 10.1. The van der Waals surface area contributed by atoms with Gasteiger partial charge in [0.25, 0.3) is 5.91 Å². The molecule has 0 radical (unpaired) electrons. The molecule has 0 saturated heterocycles. The Morgan fingerprint density at radius 3 is 1.29 bits per heavy atom. The van der Waals surface area contributed by atoms with E-state index >= 15 is 0 Å². The molecule has 2 N–H and O–H groups in total. The molecule has 48 heavy (non-hydrogen) atoms. The zero-order valence-corrected chi connectivity index (χ0v) is 27.9. The molecule has 4 aromatic carbocycles. The molecule has 0 aromatic heterocycles.